The van der Waals surface area contributed by atoms with Crippen LogP contribution in [0.15, 0.2) is 23.5 Å². The molecule has 0 aromatic carbocycles. The molecular weight excluding hydrogens is 268 g/mol. The van der Waals surface area contributed by atoms with Gasteiger partial charge < -0.3 is 21.6 Å². The minimum absolute atomic E-state index is 0.0994. The van der Waals surface area contributed by atoms with Crippen LogP contribution in [0.5, 0.6) is 0 Å². The Kier molecular flexibility index (Phi) is 4.70. The summed E-state index contributed by atoms with van der Waals surface area (Å²) in [7, 11) is 0. The van der Waals surface area contributed by atoms with Gasteiger partial charge in [-0.05, 0) is 39.0 Å². The van der Waals surface area contributed by atoms with Gasteiger partial charge in [-0.25, -0.2) is 0 Å². The Morgan fingerprint density at radius 1 is 1.67 bits per heavy atom. The van der Waals surface area contributed by atoms with E-state index in [1.54, 1.807) is 0 Å². The molecule has 0 spiro atoms. The first-order valence-electron chi connectivity index (χ1n) is 7.60. The lowest BCUT2D eigenvalue weighted by Crippen LogP contribution is -2.54. The van der Waals surface area contributed by atoms with Gasteiger partial charge in [-0.15, -0.1) is 0 Å². The van der Waals surface area contributed by atoms with Gasteiger partial charge in [0.1, 0.15) is 0 Å². The Labute approximate surface area is 126 Å². The fourth-order valence-corrected chi connectivity index (χ4v) is 3.35. The largest absolute Gasteiger partial charge is 0.366 e. The van der Waals surface area contributed by atoms with Crippen LogP contribution in [-0.2, 0) is 4.79 Å². The molecule has 0 radical (unpaired) electrons. The van der Waals surface area contributed by atoms with Crippen LogP contribution in [0.3, 0.4) is 0 Å². The van der Waals surface area contributed by atoms with Gasteiger partial charge in [-0.2, -0.15) is 5.06 Å². The number of primary amides is 1. The maximum Gasteiger partial charge on any atom is 0.248 e. The van der Waals surface area contributed by atoms with Gasteiger partial charge >= 0.3 is 0 Å². The van der Waals surface area contributed by atoms with Crippen LogP contribution in [0.25, 0.3) is 0 Å². The van der Waals surface area contributed by atoms with E-state index in [9.17, 15) is 10.0 Å². The van der Waals surface area contributed by atoms with Crippen LogP contribution >= 0.6 is 0 Å². The normalized spacial score (nSPS) is 30.0. The number of nitrogens with one attached hydrogen (secondary N) is 2. The van der Waals surface area contributed by atoms with Crippen molar-refractivity contribution in [2.45, 2.75) is 45.2 Å². The molecule has 0 aromatic rings. The highest BCUT2D eigenvalue weighted by Gasteiger charge is 2.40. The summed E-state index contributed by atoms with van der Waals surface area (Å²) in [6.07, 6.45) is 5.40. The van der Waals surface area contributed by atoms with Gasteiger partial charge in [0.25, 0.3) is 0 Å². The molecular formula is C15H26N4O2. The third-order valence-electron chi connectivity index (χ3n) is 4.25. The van der Waals surface area contributed by atoms with Crippen LogP contribution in [0, 0.1) is 5.92 Å². The number of rotatable bonds is 5. The second-order valence-corrected chi connectivity index (χ2v) is 6.15. The molecule has 6 nitrogen and oxygen atoms in total. The van der Waals surface area contributed by atoms with Crippen molar-refractivity contribution in [3.05, 3.63) is 23.5 Å². The van der Waals surface area contributed by atoms with Gasteiger partial charge in [0.05, 0.1) is 11.1 Å². The highest BCUT2D eigenvalue weighted by Crippen LogP contribution is 2.34. The zero-order valence-corrected chi connectivity index (χ0v) is 13.0. The summed E-state index contributed by atoms with van der Waals surface area (Å²) in [6.45, 7) is 7.28. The monoisotopic (exact) mass is 294 g/mol. The van der Waals surface area contributed by atoms with Gasteiger partial charge in [0, 0.05) is 30.7 Å². The van der Waals surface area contributed by atoms with Crippen LogP contribution < -0.4 is 16.4 Å². The van der Waals surface area contributed by atoms with Crippen molar-refractivity contribution >= 4 is 5.91 Å². The Bertz CT molecular complexity index is 472. The SMILES string of the molecule is CCC1(NC(C)C)C=CNC(C2CCN(O)C2)=C1C(N)=O. The number of dihydropyridines is 1. The highest BCUT2D eigenvalue weighted by molar-refractivity contribution is 5.96. The molecule has 1 amide bonds. The molecule has 6 heteroatoms. The molecule has 2 unspecified atom stereocenters. The van der Waals surface area contributed by atoms with Crippen LogP contribution in [0.2, 0.25) is 0 Å². The number of amides is 1. The predicted molar refractivity (Wildman–Crippen MR) is 81.3 cm³/mol. The number of nitrogens with zero attached hydrogens (tertiary/aromatic N) is 1. The molecule has 2 aliphatic heterocycles. The van der Waals surface area contributed by atoms with Crippen molar-refractivity contribution < 1.29 is 10.0 Å². The molecule has 0 saturated carbocycles. The van der Waals surface area contributed by atoms with E-state index in [2.05, 4.69) is 24.5 Å². The minimum atomic E-state index is -0.538. The summed E-state index contributed by atoms with van der Waals surface area (Å²) in [5, 5.41) is 17.6. The number of carbonyl (C=O) groups is 1. The summed E-state index contributed by atoms with van der Waals surface area (Å²) in [5.74, 6) is -0.310. The first-order valence-corrected chi connectivity index (χ1v) is 7.60. The summed E-state index contributed by atoms with van der Waals surface area (Å²) in [4.78, 5) is 12.1. The Hall–Kier alpha value is -1.37. The zero-order chi connectivity index (χ0) is 15.6. The molecule has 118 valence electrons. The first kappa shape index (κ1) is 16.0. The van der Waals surface area contributed by atoms with E-state index >= 15 is 0 Å². The Balaban J connectivity index is 2.44. The number of nitrogens with two attached hydrogens (primary N) is 1. The lowest BCUT2D eigenvalue weighted by molar-refractivity contribution is -0.115. The van der Waals surface area contributed by atoms with E-state index in [4.69, 9.17) is 5.73 Å². The fourth-order valence-electron chi connectivity index (χ4n) is 3.35. The van der Waals surface area contributed by atoms with Crippen LogP contribution in [-0.4, -0.2) is 40.8 Å². The second-order valence-electron chi connectivity index (χ2n) is 6.15. The fraction of sp³-hybridized carbons (Fsp3) is 0.667. The minimum Gasteiger partial charge on any atom is -0.366 e. The Morgan fingerprint density at radius 2 is 2.38 bits per heavy atom. The molecule has 2 atom stereocenters. The van der Waals surface area contributed by atoms with Gasteiger partial charge in [-0.3, -0.25) is 4.79 Å². The summed E-state index contributed by atoms with van der Waals surface area (Å²) < 4.78 is 0. The van der Waals surface area contributed by atoms with Gasteiger partial charge in [0.15, 0.2) is 0 Å². The number of hydrogen-bond donors (Lipinski definition) is 4. The number of hydrogen-bond acceptors (Lipinski definition) is 5. The van der Waals surface area contributed by atoms with E-state index in [0.717, 1.165) is 18.5 Å². The standard InChI is InChI=1S/C15H26N4O2/c1-4-15(18-10(2)3)6-7-17-13(12(15)14(16)20)11-5-8-19(21)9-11/h6-7,10-11,17-18,21H,4-5,8-9H2,1-3H3,(H2,16,20). The van der Waals surface area contributed by atoms with Crippen LogP contribution in [0.1, 0.15) is 33.6 Å². The van der Waals surface area contributed by atoms with Gasteiger partial charge in [0.2, 0.25) is 5.91 Å². The molecule has 0 aromatic heterocycles. The number of carbonyl (C=O) groups excluding carboxylic acids is 1. The molecule has 5 N–H and O–H groups in total. The zero-order valence-electron chi connectivity index (χ0n) is 13.0. The highest BCUT2D eigenvalue weighted by atomic mass is 16.5. The molecule has 2 heterocycles. The van der Waals surface area contributed by atoms with E-state index in [1.165, 1.54) is 5.06 Å². The van der Waals surface area contributed by atoms with Crippen molar-refractivity contribution in [1.82, 2.24) is 15.7 Å². The third-order valence-corrected chi connectivity index (χ3v) is 4.25. The topological polar surface area (TPSA) is 90.6 Å². The van der Waals surface area contributed by atoms with Crippen molar-refractivity contribution in [2.24, 2.45) is 11.7 Å². The summed E-state index contributed by atoms with van der Waals surface area (Å²) in [5.41, 5.74) is 6.60. The quantitative estimate of drug-likeness (QED) is 0.599. The van der Waals surface area contributed by atoms with E-state index in [0.29, 0.717) is 18.7 Å². The lowest BCUT2D eigenvalue weighted by atomic mass is 9.79. The third kappa shape index (κ3) is 3.12. The maximum atomic E-state index is 12.1. The molecule has 0 bridgehead atoms. The average molecular weight is 294 g/mol. The molecule has 1 saturated heterocycles. The smallest absolute Gasteiger partial charge is 0.248 e. The molecule has 0 aliphatic carbocycles. The van der Waals surface area contributed by atoms with E-state index in [-0.39, 0.29) is 12.0 Å². The average Bonchev–Trinajstić information content (AvgIpc) is 2.83. The van der Waals surface area contributed by atoms with Crippen molar-refractivity contribution in [3.8, 4) is 0 Å². The second kappa shape index (κ2) is 6.17. The maximum absolute atomic E-state index is 12.1. The van der Waals surface area contributed by atoms with Crippen molar-refractivity contribution in [1.29, 1.82) is 0 Å². The Morgan fingerprint density at radius 3 is 2.86 bits per heavy atom. The first-order chi connectivity index (χ1) is 9.89. The van der Waals surface area contributed by atoms with E-state index in [1.807, 2.05) is 19.2 Å². The molecule has 2 rings (SSSR count). The molecule has 21 heavy (non-hydrogen) atoms. The molecule has 1 fully saturated rings. The summed E-state index contributed by atoms with van der Waals surface area (Å²) in [6, 6.07) is 0.223. The van der Waals surface area contributed by atoms with E-state index < -0.39 is 11.4 Å². The van der Waals surface area contributed by atoms with Gasteiger partial charge in [-0.1, -0.05) is 6.92 Å². The predicted octanol–water partition coefficient (Wildman–Crippen LogP) is 0.701. The number of hydroxylamine groups is 2. The van der Waals surface area contributed by atoms with Crippen molar-refractivity contribution in [2.75, 3.05) is 13.1 Å². The van der Waals surface area contributed by atoms with Crippen LogP contribution in [0.4, 0.5) is 0 Å². The molecule has 2 aliphatic rings. The lowest BCUT2D eigenvalue weighted by Gasteiger charge is -2.39. The van der Waals surface area contributed by atoms with Crippen molar-refractivity contribution in [3.63, 3.8) is 0 Å². The summed E-state index contributed by atoms with van der Waals surface area (Å²) >= 11 is 0.